The number of rotatable bonds is 4. The van der Waals surface area contributed by atoms with Gasteiger partial charge in [-0.25, -0.2) is 4.39 Å². The Labute approximate surface area is 131 Å². The average molecular weight is 326 g/mol. The maximum Gasteiger partial charge on any atom is 0.259 e. The van der Waals surface area contributed by atoms with Crippen molar-refractivity contribution in [2.24, 2.45) is 0 Å². The van der Waals surface area contributed by atoms with E-state index in [9.17, 15) is 9.18 Å². The van der Waals surface area contributed by atoms with E-state index in [0.717, 1.165) is 4.90 Å². The van der Waals surface area contributed by atoms with Gasteiger partial charge in [-0.3, -0.25) is 4.79 Å². The molecule has 2 aromatic rings. The third-order valence-corrected chi connectivity index (χ3v) is 3.85. The van der Waals surface area contributed by atoms with Crippen LogP contribution in [0.5, 0.6) is 5.75 Å². The van der Waals surface area contributed by atoms with Crippen LogP contribution in [0.15, 0.2) is 41.3 Å². The number of methoxy groups -OCH3 is 1. The number of carbonyl (C=O) groups is 1. The Kier molecular flexibility index (Phi) is 5.09. The van der Waals surface area contributed by atoms with Crippen molar-refractivity contribution in [3.63, 3.8) is 0 Å². The van der Waals surface area contributed by atoms with Gasteiger partial charge in [0.15, 0.2) is 0 Å². The highest BCUT2D eigenvalue weighted by molar-refractivity contribution is 7.98. The number of anilines is 1. The first kappa shape index (κ1) is 15.7. The maximum absolute atomic E-state index is 13.1. The molecule has 0 aromatic heterocycles. The van der Waals surface area contributed by atoms with Gasteiger partial charge >= 0.3 is 0 Å². The van der Waals surface area contributed by atoms with Crippen molar-refractivity contribution in [2.45, 2.75) is 4.90 Å². The van der Waals surface area contributed by atoms with Crippen LogP contribution in [0.2, 0.25) is 5.02 Å². The third-order valence-electron chi connectivity index (χ3n) is 2.83. The normalized spacial score (nSPS) is 10.3. The smallest absolute Gasteiger partial charge is 0.259 e. The van der Waals surface area contributed by atoms with Gasteiger partial charge in [-0.15, -0.1) is 11.8 Å². The summed E-state index contributed by atoms with van der Waals surface area (Å²) in [6.45, 7) is 0. The first-order valence-corrected chi connectivity index (χ1v) is 7.64. The van der Waals surface area contributed by atoms with Crippen LogP contribution in [-0.2, 0) is 0 Å². The number of halogens is 2. The van der Waals surface area contributed by atoms with Crippen molar-refractivity contribution < 1.29 is 13.9 Å². The van der Waals surface area contributed by atoms with Gasteiger partial charge in [-0.1, -0.05) is 11.6 Å². The maximum atomic E-state index is 13.1. The molecule has 3 nitrogen and oxygen atoms in total. The van der Waals surface area contributed by atoms with Crippen molar-refractivity contribution in [1.82, 2.24) is 0 Å². The van der Waals surface area contributed by atoms with Crippen LogP contribution in [0, 0.1) is 5.82 Å². The van der Waals surface area contributed by atoms with Crippen LogP contribution in [0.4, 0.5) is 10.1 Å². The molecule has 0 aliphatic carbocycles. The summed E-state index contributed by atoms with van der Waals surface area (Å²) in [5.74, 6) is -0.397. The molecule has 21 heavy (non-hydrogen) atoms. The molecule has 1 N–H and O–H groups in total. The zero-order chi connectivity index (χ0) is 15.4. The topological polar surface area (TPSA) is 38.3 Å². The number of benzene rings is 2. The molecule has 0 bridgehead atoms. The van der Waals surface area contributed by atoms with Gasteiger partial charge in [0, 0.05) is 10.6 Å². The lowest BCUT2D eigenvalue weighted by Crippen LogP contribution is -2.13. The SMILES string of the molecule is COc1cc(SC)ccc1C(=O)Nc1ccc(F)c(Cl)c1. The van der Waals surface area contributed by atoms with Gasteiger partial charge in [-0.2, -0.15) is 0 Å². The second-order valence-electron chi connectivity index (χ2n) is 4.15. The lowest BCUT2D eigenvalue weighted by molar-refractivity contribution is 0.102. The molecule has 0 spiro atoms. The molecule has 0 aliphatic heterocycles. The highest BCUT2D eigenvalue weighted by Crippen LogP contribution is 2.26. The van der Waals surface area contributed by atoms with E-state index in [4.69, 9.17) is 16.3 Å². The van der Waals surface area contributed by atoms with Gasteiger partial charge < -0.3 is 10.1 Å². The molecule has 110 valence electrons. The Morgan fingerprint density at radius 1 is 1.29 bits per heavy atom. The van der Waals surface area contributed by atoms with E-state index in [1.165, 1.54) is 25.3 Å². The Bertz CT molecular complexity index is 679. The van der Waals surface area contributed by atoms with Gasteiger partial charge in [0.2, 0.25) is 0 Å². The van der Waals surface area contributed by atoms with Gasteiger partial charge in [0.25, 0.3) is 5.91 Å². The van der Waals surface area contributed by atoms with Crippen molar-refractivity contribution >= 4 is 35.0 Å². The fourth-order valence-electron chi connectivity index (χ4n) is 1.76. The molecule has 0 saturated carbocycles. The highest BCUT2D eigenvalue weighted by atomic mass is 35.5. The van der Waals surface area contributed by atoms with E-state index in [0.29, 0.717) is 17.0 Å². The minimum Gasteiger partial charge on any atom is -0.496 e. The van der Waals surface area contributed by atoms with Crippen LogP contribution >= 0.6 is 23.4 Å². The minimum atomic E-state index is -0.531. The predicted octanol–water partition coefficient (Wildman–Crippen LogP) is 4.46. The molecule has 1 amide bonds. The van der Waals surface area contributed by atoms with Gasteiger partial charge in [0.1, 0.15) is 11.6 Å². The Morgan fingerprint density at radius 2 is 2.05 bits per heavy atom. The number of carbonyl (C=O) groups excluding carboxylic acids is 1. The second kappa shape index (κ2) is 6.83. The summed E-state index contributed by atoms with van der Waals surface area (Å²) in [6, 6.07) is 9.31. The summed E-state index contributed by atoms with van der Waals surface area (Å²) in [4.78, 5) is 13.2. The van der Waals surface area contributed by atoms with Gasteiger partial charge in [0.05, 0.1) is 17.7 Å². The van der Waals surface area contributed by atoms with E-state index >= 15 is 0 Å². The predicted molar refractivity (Wildman–Crippen MR) is 84.1 cm³/mol. The Morgan fingerprint density at radius 3 is 2.67 bits per heavy atom. The molecule has 6 heteroatoms. The van der Waals surface area contributed by atoms with Crippen molar-refractivity contribution in [1.29, 1.82) is 0 Å². The van der Waals surface area contributed by atoms with Crippen LogP contribution < -0.4 is 10.1 Å². The van der Waals surface area contributed by atoms with Crippen molar-refractivity contribution in [2.75, 3.05) is 18.7 Å². The standard InChI is InChI=1S/C15H13ClFNO2S/c1-20-14-8-10(21-2)4-5-11(14)15(19)18-9-3-6-13(17)12(16)7-9/h3-8H,1-2H3,(H,18,19). The molecular weight excluding hydrogens is 313 g/mol. The molecule has 0 unspecified atom stereocenters. The average Bonchev–Trinajstić information content (AvgIpc) is 2.50. The van der Waals surface area contributed by atoms with Crippen LogP contribution in [0.25, 0.3) is 0 Å². The molecule has 2 rings (SSSR count). The molecule has 0 aliphatic rings. The molecule has 0 fully saturated rings. The summed E-state index contributed by atoms with van der Waals surface area (Å²) in [6.07, 6.45) is 1.94. The van der Waals surface area contributed by atoms with Crippen LogP contribution in [0.3, 0.4) is 0 Å². The number of nitrogens with one attached hydrogen (secondary N) is 1. The Balaban J connectivity index is 2.25. The number of hydrogen-bond donors (Lipinski definition) is 1. The van der Waals surface area contributed by atoms with E-state index < -0.39 is 5.82 Å². The summed E-state index contributed by atoms with van der Waals surface area (Å²) in [5.41, 5.74) is 0.818. The Hall–Kier alpha value is -1.72. The van der Waals surface area contributed by atoms with E-state index in [1.54, 1.807) is 23.9 Å². The molecular formula is C15H13ClFNO2S. The summed E-state index contributed by atoms with van der Waals surface area (Å²) >= 11 is 7.24. The quantitative estimate of drug-likeness (QED) is 0.843. The molecule has 0 atom stereocenters. The molecule has 2 aromatic carbocycles. The largest absolute Gasteiger partial charge is 0.496 e. The summed E-state index contributed by atoms with van der Waals surface area (Å²) in [5, 5.41) is 2.62. The summed E-state index contributed by atoms with van der Waals surface area (Å²) in [7, 11) is 1.50. The number of hydrogen-bond acceptors (Lipinski definition) is 3. The molecule has 0 heterocycles. The number of thioether (sulfide) groups is 1. The van der Waals surface area contributed by atoms with Gasteiger partial charge in [-0.05, 0) is 42.7 Å². The zero-order valence-corrected chi connectivity index (χ0v) is 13.0. The lowest BCUT2D eigenvalue weighted by Gasteiger charge is -2.11. The van der Waals surface area contributed by atoms with E-state index in [1.807, 2.05) is 12.3 Å². The lowest BCUT2D eigenvalue weighted by atomic mass is 10.2. The van der Waals surface area contributed by atoms with Crippen molar-refractivity contribution in [3.05, 3.63) is 52.8 Å². The summed E-state index contributed by atoms with van der Waals surface area (Å²) < 4.78 is 18.3. The highest BCUT2D eigenvalue weighted by Gasteiger charge is 2.13. The van der Waals surface area contributed by atoms with Crippen LogP contribution in [0.1, 0.15) is 10.4 Å². The third kappa shape index (κ3) is 3.68. The van der Waals surface area contributed by atoms with E-state index in [2.05, 4.69) is 5.32 Å². The van der Waals surface area contributed by atoms with E-state index in [-0.39, 0.29) is 10.9 Å². The fourth-order valence-corrected chi connectivity index (χ4v) is 2.37. The van der Waals surface area contributed by atoms with Crippen molar-refractivity contribution in [3.8, 4) is 5.75 Å². The number of amides is 1. The second-order valence-corrected chi connectivity index (χ2v) is 5.44. The first-order valence-electron chi connectivity index (χ1n) is 6.03. The fraction of sp³-hybridized carbons (Fsp3) is 0.133. The minimum absolute atomic E-state index is 0.0440. The monoisotopic (exact) mass is 325 g/mol. The first-order chi connectivity index (χ1) is 10.0. The number of ether oxygens (including phenoxy) is 1. The zero-order valence-electron chi connectivity index (χ0n) is 11.4. The molecule has 0 radical (unpaired) electrons. The molecule has 0 saturated heterocycles. The van der Waals surface area contributed by atoms with Crippen LogP contribution in [-0.4, -0.2) is 19.3 Å².